The van der Waals surface area contributed by atoms with Crippen molar-refractivity contribution < 1.29 is 23.8 Å². The number of hydrogen-bond acceptors (Lipinski definition) is 7. The van der Waals surface area contributed by atoms with Crippen LogP contribution >= 0.6 is 0 Å². The smallest absolute Gasteiger partial charge is 0.249 e. The molecule has 2 amide bonds. The number of nitrogens with zero attached hydrogens (tertiary/aromatic N) is 2. The van der Waals surface area contributed by atoms with Gasteiger partial charge in [0.15, 0.2) is 11.5 Å². The molecule has 2 N–H and O–H groups in total. The molecule has 0 spiro atoms. The van der Waals surface area contributed by atoms with Gasteiger partial charge in [0.1, 0.15) is 5.75 Å². The third-order valence-corrected chi connectivity index (χ3v) is 3.68. The highest BCUT2D eigenvalue weighted by atomic mass is 16.5. The van der Waals surface area contributed by atoms with Crippen LogP contribution in [0.2, 0.25) is 0 Å². The first-order chi connectivity index (χ1) is 12.0. The molecule has 9 heteroatoms. The van der Waals surface area contributed by atoms with Gasteiger partial charge in [0.25, 0.3) is 0 Å². The van der Waals surface area contributed by atoms with E-state index < -0.39 is 11.8 Å². The monoisotopic (exact) mass is 348 g/mol. The molecule has 0 saturated heterocycles. The van der Waals surface area contributed by atoms with E-state index in [4.69, 9.17) is 14.2 Å². The van der Waals surface area contributed by atoms with Gasteiger partial charge in [-0.15, -0.1) is 0 Å². The number of amides is 2. The lowest BCUT2D eigenvalue weighted by atomic mass is 10.0. The van der Waals surface area contributed by atoms with E-state index in [-0.39, 0.29) is 12.3 Å². The Balaban J connectivity index is 2.05. The highest BCUT2D eigenvalue weighted by molar-refractivity contribution is 6.09. The second kappa shape index (κ2) is 8.13. The predicted molar refractivity (Wildman–Crippen MR) is 91.2 cm³/mol. The lowest BCUT2D eigenvalue weighted by molar-refractivity contribution is -0.127. The molecule has 0 bridgehead atoms. The molecule has 0 aliphatic carbocycles. The van der Waals surface area contributed by atoms with Crippen molar-refractivity contribution in [3.8, 4) is 17.2 Å². The summed E-state index contributed by atoms with van der Waals surface area (Å²) in [6.45, 7) is 1.69. The first-order valence-corrected chi connectivity index (χ1v) is 7.46. The molecule has 0 fully saturated rings. The average Bonchev–Trinajstić information content (AvgIpc) is 2.93. The zero-order valence-electron chi connectivity index (χ0n) is 14.5. The SMILES string of the molecule is COc1cc(OC)c(OC)cc1/C=N\NC(=O)C[C@@H]1C(=O)NN=C1C. The van der Waals surface area contributed by atoms with E-state index in [1.807, 2.05) is 0 Å². The Kier molecular flexibility index (Phi) is 5.93. The summed E-state index contributed by atoms with van der Waals surface area (Å²) < 4.78 is 15.7. The second-order valence-electron chi connectivity index (χ2n) is 5.23. The van der Waals surface area contributed by atoms with Gasteiger partial charge in [-0.25, -0.2) is 10.9 Å². The van der Waals surface area contributed by atoms with Crippen LogP contribution in [0.5, 0.6) is 17.2 Å². The van der Waals surface area contributed by atoms with Crippen LogP contribution in [0.25, 0.3) is 0 Å². The minimum Gasteiger partial charge on any atom is -0.496 e. The first-order valence-electron chi connectivity index (χ1n) is 7.46. The lowest BCUT2D eigenvalue weighted by Gasteiger charge is -2.11. The fraction of sp³-hybridized carbons (Fsp3) is 0.375. The van der Waals surface area contributed by atoms with E-state index in [0.29, 0.717) is 28.5 Å². The zero-order valence-corrected chi connectivity index (χ0v) is 14.5. The summed E-state index contributed by atoms with van der Waals surface area (Å²) in [7, 11) is 4.55. The number of benzene rings is 1. The summed E-state index contributed by atoms with van der Waals surface area (Å²) >= 11 is 0. The van der Waals surface area contributed by atoms with Gasteiger partial charge >= 0.3 is 0 Å². The fourth-order valence-corrected chi connectivity index (χ4v) is 2.29. The standard InChI is InChI=1S/C16H20N4O5/c1-9-11(16(22)20-18-9)6-15(21)19-17-8-10-5-13(24-3)14(25-4)7-12(10)23-2/h5,7-8,11H,6H2,1-4H3,(H,19,21)(H,20,22)/b17-8-/t11-/m0/s1. The Hall–Kier alpha value is -3.10. The molecule has 2 rings (SSSR count). The fourth-order valence-electron chi connectivity index (χ4n) is 2.29. The molecule has 0 saturated carbocycles. The molecule has 9 nitrogen and oxygen atoms in total. The van der Waals surface area contributed by atoms with Crippen LogP contribution in [0.4, 0.5) is 0 Å². The van der Waals surface area contributed by atoms with E-state index in [9.17, 15) is 9.59 Å². The summed E-state index contributed by atoms with van der Waals surface area (Å²) in [5.41, 5.74) is 5.89. The van der Waals surface area contributed by atoms with Gasteiger partial charge in [-0.05, 0) is 13.0 Å². The van der Waals surface area contributed by atoms with Crippen LogP contribution in [0.3, 0.4) is 0 Å². The molecule has 0 unspecified atom stereocenters. The highest BCUT2D eigenvalue weighted by Crippen LogP contribution is 2.33. The van der Waals surface area contributed by atoms with Crippen molar-refractivity contribution in [3.05, 3.63) is 17.7 Å². The van der Waals surface area contributed by atoms with E-state index in [0.717, 1.165) is 0 Å². The van der Waals surface area contributed by atoms with Crippen LogP contribution < -0.4 is 25.1 Å². The van der Waals surface area contributed by atoms with Crippen LogP contribution in [-0.2, 0) is 9.59 Å². The molecule has 1 heterocycles. The maximum atomic E-state index is 11.9. The molecule has 134 valence electrons. The van der Waals surface area contributed by atoms with E-state index in [1.54, 1.807) is 19.1 Å². The van der Waals surface area contributed by atoms with Crippen molar-refractivity contribution in [2.24, 2.45) is 16.1 Å². The molecular weight excluding hydrogens is 328 g/mol. The van der Waals surface area contributed by atoms with E-state index in [1.165, 1.54) is 27.5 Å². The molecule has 1 atom stereocenters. The van der Waals surface area contributed by atoms with Crippen molar-refractivity contribution in [2.45, 2.75) is 13.3 Å². The Morgan fingerprint density at radius 3 is 2.44 bits per heavy atom. The summed E-state index contributed by atoms with van der Waals surface area (Å²) in [4.78, 5) is 23.5. The summed E-state index contributed by atoms with van der Waals surface area (Å²) in [5, 5.41) is 7.69. The van der Waals surface area contributed by atoms with Crippen molar-refractivity contribution in [1.29, 1.82) is 0 Å². The second-order valence-corrected chi connectivity index (χ2v) is 5.23. The Bertz CT molecular complexity index is 729. The number of rotatable bonds is 7. The molecule has 1 aliphatic rings. The minimum absolute atomic E-state index is 0.0262. The zero-order chi connectivity index (χ0) is 18.4. The van der Waals surface area contributed by atoms with Gasteiger partial charge in [0.05, 0.1) is 33.5 Å². The molecular formula is C16H20N4O5. The molecule has 1 aliphatic heterocycles. The summed E-state index contributed by atoms with van der Waals surface area (Å²) in [5.74, 6) is 0.276. The van der Waals surface area contributed by atoms with Crippen LogP contribution in [0.15, 0.2) is 22.3 Å². The number of carbonyl (C=O) groups excluding carboxylic acids is 2. The Morgan fingerprint density at radius 2 is 1.88 bits per heavy atom. The van der Waals surface area contributed by atoms with Crippen LogP contribution in [0.1, 0.15) is 18.9 Å². The molecule has 1 aromatic rings. The molecule has 1 aromatic carbocycles. The number of hydrogen-bond donors (Lipinski definition) is 2. The summed E-state index contributed by atoms with van der Waals surface area (Å²) in [6, 6.07) is 3.33. The maximum absolute atomic E-state index is 11.9. The Morgan fingerprint density at radius 1 is 1.24 bits per heavy atom. The van der Waals surface area contributed by atoms with Crippen LogP contribution in [-0.4, -0.2) is 45.1 Å². The largest absolute Gasteiger partial charge is 0.496 e. The van der Waals surface area contributed by atoms with Gasteiger partial charge in [-0.1, -0.05) is 0 Å². The Labute approximate surface area is 145 Å². The average molecular weight is 348 g/mol. The van der Waals surface area contributed by atoms with Crippen molar-refractivity contribution in [2.75, 3.05) is 21.3 Å². The number of nitrogens with one attached hydrogen (secondary N) is 2. The number of carbonyl (C=O) groups is 2. The third-order valence-electron chi connectivity index (χ3n) is 3.68. The van der Waals surface area contributed by atoms with Gasteiger partial charge in [0.2, 0.25) is 11.8 Å². The number of ether oxygens (including phenoxy) is 3. The molecule has 0 aromatic heterocycles. The normalized spacial score (nSPS) is 16.4. The summed E-state index contributed by atoms with van der Waals surface area (Å²) in [6.07, 6.45) is 1.40. The van der Waals surface area contributed by atoms with Crippen molar-refractivity contribution >= 4 is 23.7 Å². The number of methoxy groups -OCH3 is 3. The van der Waals surface area contributed by atoms with E-state index >= 15 is 0 Å². The lowest BCUT2D eigenvalue weighted by Crippen LogP contribution is -2.29. The molecule has 25 heavy (non-hydrogen) atoms. The van der Waals surface area contributed by atoms with Gasteiger partial charge in [-0.2, -0.15) is 10.2 Å². The first kappa shape index (κ1) is 18.2. The van der Waals surface area contributed by atoms with Gasteiger partial charge in [0, 0.05) is 23.8 Å². The highest BCUT2D eigenvalue weighted by Gasteiger charge is 2.29. The van der Waals surface area contributed by atoms with Gasteiger partial charge in [-0.3, -0.25) is 9.59 Å². The van der Waals surface area contributed by atoms with Crippen LogP contribution in [0, 0.1) is 5.92 Å². The topological polar surface area (TPSA) is 111 Å². The predicted octanol–water partition coefficient (Wildman–Crippen LogP) is 0.674. The van der Waals surface area contributed by atoms with Crippen molar-refractivity contribution in [1.82, 2.24) is 10.9 Å². The maximum Gasteiger partial charge on any atom is 0.249 e. The number of hydrazone groups is 2. The van der Waals surface area contributed by atoms with E-state index in [2.05, 4.69) is 21.1 Å². The van der Waals surface area contributed by atoms with Crippen molar-refractivity contribution in [3.63, 3.8) is 0 Å². The molecule has 0 radical (unpaired) electrons. The van der Waals surface area contributed by atoms with Gasteiger partial charge < -0.3 is 14.2 Å². The quantitative estimate of drug-likeness (QED) is 0.556. The third kappa shape index (κ3) is 4.25. The minimum atomic E-state index is -0.564.